The maximum absolute atomic E-state index is 13.3. The number of nitro groups is 1. The van der Waals surface area contributed by atoms with Crippen LogP contribution in [-0.4, -0.2) is 10.8 Å². The van der Waals surface area contributed by atoms with Crippen LogP contribution in [0, 0.1) is 22.9 Å². The number of primary amides is 1. The van der Waals surface area contributed by atoms with Crippen LogP contribution in [0.3, 0.4) is 0 Å². The molecule has 0 aliphatic rings. The molecular formula is C11H11FN2O3. The zero-order chi connectivity index (χ0) is 13.0. The van der Waals surface area contributed by atoms with Crippen LogP contribution in [0.5, 0.6) is 0 Å². The van der Waals surface area contributed by atoms with Gasteiger partial charge in [0.1, 0.15) is 0 Å². The summed E-state index contributed by atoms with van der Waals surface area (Å²) in [5.41, 5.74) is 5.41. The lowest BCUT2D eigenvalue weighted by Crippen LogP contribution is -2.07. The highest BCUT2D eigenvalue weighted by Crippen LogP contribution is 2.22. The first-order valence-electron chi connectivity index (χ1n) is 4.81. The van der Waals surface area contributed by atoms with Crippen molar-refractivity contribution in [2.75, 3.05) is 0 Å². The predicted molar refractivity (Wildman–Crippen MR) is 60.6 cm³/mol. The number of benzene rings is 1. The predicted octanol–water partition coefficient (Wildman–Crippen LogP) is 1.93. The second-order valence-corrected chi connectivity index (χ2v) is 3.49. The lowest BCUT2D eigenvalue weighted by molar-refractivity contribution is -0.387. The first kappa shape index (κ1) is 12.8. The highest BCUT2D eigenvalue weighted by molar-refractivity contribution is 5.76. The van der Waals surface area contributed by atoms with Gasteiger partial charge in [-0.1, -0.05) is 12.2 Å². The molecule has 1 amide bonds. The smallest absolute Gasteiger partial charge is 0.305 e. The van der Waals surface area contributed by atoms with E-state index in [4.69, 9.17) is 5.73 Å². The van der Waals surface area contributed by atoms with Crippen LogP contribution in [0.15, 0.2) is 18.2 Å². The summed E-state index contributed by atoms with van der Waals surface area (Å²) in [5, 5.41) is 10.5. The molecular weight excluding hydrogens is 227 g/mol. The fraction of sp³-hybridized carbons (Fsp3) is 0.182. The molecule has 0 bridgehead atoms. The van der Waals surface area contributed by atoms with Crippen LogP contribution in [0.4, 0.5) is 10.1 Å². The minimum absolute atomic E-state index is 0.0397. The van der Waals surface area contributed by atoms with Gasteiger partial charge in [0.25, 0.3) is 0 Å². The Hall–Kier alpha value is -2.24. The number of nitrogens with two attached hydrogens (primary N) is 1. The molecule has 0 aromatic heterocycles. The monoisotopic (exact) mass is 238 g/mol. The van der Waals surface area contributed by atoms with E-state index in [1.807, 2.05) is 0 Å². The van der Waals surface area contributed by atoms with Crippen LogP contribution in [0.25, 0.3) is 6.08 Å². The van der Waals surface area contributed by atoms with E-state index in [0.717, 1.165) is 12.1 Å². The van der Waals surface area contributed by atoms with Gasteiger partial charge in [-0.05, 0) is 24.1 Å². The molecule has 0 saturated carbocycles. The Morgan fingerprint density at radius 2 is 2.24 bits per heavy atom. The van der Waals surface area contributed by atoms with Crippen molar-refractivity contribution < 1.29 is 14.1 Å². The van der Waals surface area contributed by atoms with Gasteiger partial charge < -0.3 is 5.73 Å². The van der Waals surface area contributed by atoms with E-state index >= 15 is 0 Å². The summed E-state index contributed by atoms with van der Waals surface area (Å²) in [6.07, 6.45) is 3.03. The van der Waals surface area contributed by atoms with Gasteiger partial charge in [0, 0.05) is 12.5 Å². The van der Waals surface area contributed by atoms with E-state index in [0.29, 0.717) is 11.1 Å². The van der Waals surface area contributed by atoms with E-state index in [1.54, 1.807) is 6.92 Å². The van der Waals surface area contributed by atoms with Crippen LogP contribution < -0.4 is 5.73 Å². The van der Waals surface area contributed by atoms with Gasteiger partial charge in [-0.2, -0.15) is 4.39 Å². The van der Waals surface area contributed by atoms with E-state index in [2.05, 4.69) is 0 Å². The standard InChI is InChI=1S/C11H11FN2O3/c1-7-5-10(14(16)17)9(12)6-8(7)3-2-4-11(13)15/h2-3,5-6H,4H2,1H3,(H2,13,15). The lowest BCUT2D eigenvalue weighted by atomic mass is 10.1. The van der Waals surface area contributed by atoms with Crippen LogP contribution >= 0.6 is 0 Å². The molecule has 0 unspecified atom stereocenters. The highest BCUT2D eigenvalue weighted by atomic mass is 19.1. The van der Waals surface area contributed by atoms with E-state index in [-0.39, 0.29) is 6.42 Å². The molecule has 0 aliphatic heterocycles. The number of rotatable bonds is 4. The molecule has 90 valence electrons. The van der Waals surface area contributed by atoms with Gasteiger partial charge in [0.05, 0.1) is 4.92 Å². The van der Waals surface area contributed by atoms with Crippen LogP contribution in [0.2, 0.25) is 0 Å². The third kappa shape index (κ3) is 3.37. The minimum Gasteiger partial charge on any atom is -0.369 e. The molecule has 1 rings (SSSR count). The number of nitrogens with zero attached hydrogens (tertiary/aromatic N) is 1. The summed E-state index contributed by atoms with van der Waals surface area (Å²) in [5.74, 6) is -1.40. The fourth-order valence-electron chi connectivity index (χ4n) is 1.30. The van der Waals surface area contributed by atoms with E-state index < -0.39 is 22.3 Å². The maximum Gasteiger partial charge on any atom is 0.305 e. The van der Waals surface area contributed by atoms with Gasteiger partial charge in [-0.25, -0.2) is 0 Å². The molecule has 5 nitrogen and oxygen atoms in total. The first-order chi connectivity index (χ1) is 7.91. The fourth-order valence-corrected chi connectivity index (χ4v) is 1.30. The van der Waals surface area contributed by atoms with Gasteiger partial charge in [-0.3, -0.25) is 14.9 Å². The van der Waals surface area contributed by atoms with Crippen molar-refractivity contribution in [1.29, 1.82) is 0 Å². The largest absolute Gasteiger partial charge is 0.369 e. The molecule has 0 atom stereocenters. The molecule has 2 N–H and O–H groups in total. The summed E-state index contributed by atoms with van der Waals surface area (Å²) >= 11 is 0. The van der Waals surface area contributed by atoms with Gasteiger partial charge in [0.15, 0.2) is 0 Å². The van der Waals surface area contributed by atoms with Gasteiger partial charge in [0.2, 0.25) is 11.7 Å². The Kier molecular flexibility index (Phi) is 3.92. The van der Waals surface area contributed by atoms with Crippen molar-refractivity contribution in [2.45, 2.75) is 13.3 Å². The SMILES string of the molecule is Cc1cc([N+](=O)[O-])c(F)cc1C=CCC(N)=O. The Morgan fingerprint density at radius 3 is 2.76 bits per heavy atom. The maximum atomic E-state index is 13.3. The Balaban J connectivity index is 3.03. The molecule has 0 aliphatic carbocycles. The van der Waals surface area contributed by atoms with Gasteiger partial charge >= 0.3 is 5.69 Å². The zero-order valence-corrected chi connectivity index (χ0v) is 9.14. The summed E-state index contributed by atoms with van der Waals surface area (Å²) < 4.78 is 13.3. The number of nitro benzene ring substituents is 1. The molecule has 0 spiro atoms. The first-order valence-corrected chi connectivity index (χ1v) is 4.81. The summed E-state index contributed by atoms with van der Waals surface area (Å²) in [4.78, 5) is 20.2. The number of aryl methyl sites for hydroxylation is 1. The second kappa shape index (κ2) is 5.20. The number of hydrogen-bond acceptors (Lipinski definition) is 3. The number of amides is 1. The zero-order valence-electron chi connectivity index (χ0n) is 9.14. The third-order valence-electron chi connectivity index (χ3n) is 2.15. The van der Waals surface area contributed by atoms with Crippen molar-refractivity contribution in [3.05, 3.63) is 45.3 Å². The van der Waals surface area contributed by atoms with E-state index in [9.17, 15) is 19.3 Å². The quantitative estimate of drug-likeness (QED) is 0.642. The van der Waals surface area contributed by atoms with Crippen LogP contribution in [0.1, 0.15) is 17.5 Å². The highest BCUT2D eigenvalue weighted by Gasteiger charge is 2.15. The number of carbonyl (C=O) groups excluding carboxylic acids is 1. The molecule has 0 heterocycles. The van der Waals surface area contributed by atoms with Crippen molar-refractivity contribution in [3.8, 4) is 0 Å². The summed E-state index contributed by atoms with van der Waals surface area (Å²) in [7, 11) is 0. The number of halogens is 1. The molecule has 0 fully saturated rings. The average Bonchev–Trinajstić information content (AvgIpc) is 2.21. The van der Waals surface area contributed by atoms with Crippen molar-refractivity contribution >= 4 is 17.7 Å². The molecule has 6 heteroatoms. The normalized spacial score (nSPS) is 10.7. The van der Waals surface area contributed by atoms with Crippen molar-refractivity contribution in [2.24, 2.45) is 5.73 Å². The topological polar surface area (TPSA) is 86.2 Å². The molecule has 0 radical (unpaired) electrons. The lowest BCUT2D eigenvalue weighted by Gasteiger charge is -2.01. The minimum atomic E-state index is -0.903. The molecule has 17 heavy (non-hydrogen) atoms. The Bertz CT molecular complexity index is 498. The van der Waals surface area contributed by atoms with Crippen molar-refractivity contribution in [3.63, 3.8) is 0 Å². The molecule has 1 aromatic rings. The number of carbonyl (C=O) groups is 1. The second-order valence-electron chi connectivity index (χ2n) is 3.49. The van der Waals surface area contributed by atoms with Crippen LogP contribution in [-0.2, 0) is 4.79 Å². The third-order valence-corrected chi connectivity index (χ3v) is 2.15. The summed E-state index contributed by atoms with van der Waals surface area (Å²) in [6.45, 7) is 1.62. The molecule has 0 saturated heterocycles. The Labute approximate surface area is 96.9 Å². The Morgan fingerprint density at radius 1 is 1.59 bits per heavy atom. The van der Waals surface area contributed by atoms with Crippen molar-refractivity contribution in [1.82, 2.24) is 0 Å². The summed E-state index contributed by atoms with van der Waals surface area (Å²) in [6, 6.07) is 2.21. The van der Waals surface area contributed by atoms with Gasteiger partial charge in [-0.15, -0.1) is 0 Å². The number of hydrogen-bond donors (Lipinski definition) is 1. The van der Waals surface area contributed by atoms with E-state index in [1.165, 1.54) is 12.2 Å². The average molecular weight is 238 g/mol. The molecule has 1 aromatic carbocycles.